The molecule has 0 radical (unpaired) electrons. The second kappa shape index (κ2) is 13.0. The topological polar surface area (TPSA) is 173 Å². The zero-order valence-corrected chi connectivity index (χ0v) is 26.8. The number of aromatic nitrogens is 3. The van der Waals surface area contributed by atoms with Gasteiger partial charge in [-0.25, -0.2) is 4.68 Å². The first-order valence-electron chi connectivity index (χ1n) is 15.7. The summed E-state index contributed by atoms with van der Waals surface area (Å²) in [6, 6.07) is 14.7. The number of carbonyl (C=O) groups is 4. The molecule has 1 aliphatic carbocycles. The first kappa shape index (κ1) is 32.8. The van der Waals surface area contributed by atoms with Crippen LogP contribution in [0.25, 0.3) is 11.1 Å². The van der Waals surface area contributed by atoms with E-state index >= 15 is 0 Å². The number of primary amides is 1. The van der Waals surface area contributed by atoms with Crippen molar-refractivity contribution in [1.29, 1.82) is 0 Å². The number of hydrogen-bond acceptors (Lipinski definition) is 7. The van der Waals surface area contributed by atoms with E-state index in [4.69, 9.17) is 5.73 Å². The predicted molar refractivity (Wildman–Crippen MR) is 171 cm³/mol. The Morgan fingerprint density at radius 1 is 1.04 bits per heavy atom. The van der Waals surface area contributed by atoms with E-state index in [2.05, 4.69) is 20.9 Å². The van der Waals surface area contributed by atoms with Crippen LogP contribution >= 0.6 is 0 Å². The third-order valence-corrected chi connectivity index (χ3v) is 8.93. The third kappa shape index (κ3) is 7.28. The third-order valence-electron chi connectivity index (χ3n) is 8.93. The highest BCUT2D eigenvalue weighted by atomic mass is 16.3. The fourth-order valence-electron chi connectivity index (χ4n) is 6.15. The van der Waals surface area contributed by atoms with Gasteiger partial charge in [0, 0.05) is 38.3 Å². The minimum absolute atomic E-state index is 0.0219. The number of amides is 4. The molecule has 244 valence electrons. The SMILES string of the molecule is CC(=O)NCC1(c2cn(C(C(=O)N3CC(O)CC3C(=O)NC(Cc3ccc(-c4ccccc4)cc3)C(N)=O)C(C)(C)C)nn2)CC1. The highest BCUT2D eigenvalue weighted by molar-refractivity contribution is 5.93. The Balaban J connectivity index is 1.31. The van der Waals surface area contributed by atoms with Crippen molar-refractivity contribution < 1.29 is 24.3 Å². The minimum Gasteiger partial charge on any atom is -0.391 e. The van der Waals surface area contributed by atoms with Crippen molar-refractivity contribution in [3.63, 3.8) is 0 Å². The van der Waals surface area contributed by atoms with Crippen LogP contribution < -0.4 is 16.4 Å². The normalized spacial score (nSPS) is 20.1. The van der Waals surface area contributed by atoms with E-state index in [-0.39, 0.29) is 36.6 Å². The monoisotopic (exact) mass is 629 g/mol. The van der Waals surface area contributed by atoms with Gasteiger partial charge in [-0.15, -0.1) is 5.10 Å². The molecule has 1 saturated carbocycles. The molecule has 12 heteroatoms. The minimum atomic E-state index is -1.01. The van der Waals surface area contributed by atoms with Crippen molar-refractivity contribution in [1.82, 2.24) is 30.5 Å². The number of β-amino-alcohol motifs (C(OH)–C–C–N with tert-alkyl or cyclic N) is 1. The molecule has 2 fully saturated rings. The summed E-state index contributed by atoms with van der Waals surface area (Å²) in [6.45, 7) is 7.56. The number of benzene rings is 2. The van der Waals surface area contributed by atoms with Gasteiger partial charge >= 0.3 is 0 Å². The van der Waals surface area contributed by atoms with E-state index in [0.717, 1.165) is 29.5 Å². The van der Waals surface area contributed by atoms with E-state index in [1.165, 1.54) is 16.5 Å². The van der Waals surface area contributed by atoms with Crippen LogP contribution in [0, 0.1) is 5.41 Å². The molecule has 12 nitrogen and oxygen atoms in total. The average Bonchev–Trinajstić information content (AvgIpc) is 3.45. The van der Waals surface area contributed by atoms with Crippen LogP contribution in [-0.4, -0.2) is 79.9 Å². The fourth-order valence-corrected chi connectivity index (χ4v) is 6.15. The number of nitrogens with one attached hydrogen (secondary N) is 2. The van der Waals surface area contributed by atoms with Crippen molar-refractivity contribution in [2.75, 3.05) is 13.1 Å². The summed E-state index contributed by atoms with van der Waals surface area (Å²) >= 11 is 0. The molecule has 5 N–H and O–H groups in total. The molecule has 0 bridgehead atoms. The molecule has 1 aliphatic heterocycles. The number of rotatable bonds is 11. The quantitative estimate of drug-likeness (QED) is 0.251. The average molecular weight is 630 g/mol. The molecule has 46 heavy (non-hydrogen) atoms. The van der Waals surface area contributed by atoms with Crippen LogP contribution in [0.4, 0.5) is 0 Å². The molecule has 4 atom stereocenters. The Morgan fingerprint density at radius 3 is 2.28 bits per heavy atom. The summed E-state index contributed by atoms with van der Waals surface area (Å²) in [6.07, 6.45) is 2.71. The number of aliphatic hydroxyl groups is 1. The summed E-state index contributed by atoms with van der Waals surface area (Å²) in [5, 5.41) is 24.9. The van der Waals surface area contributed by atoms with Crippen molar-refractivity contribution in [2.45, 2.75) is 83.0 Å². The van der Waals surface area contributed by atoms with Gasteiger partial charge in [-0.05, 0) is 34.9 Å². The number of likely N-dealkylation sites (tertiary alicyclic amines) is 1. The molecule has 3 aromatic rings. The summed E-state index contributed by atoms with van der Waals surface area (Å²) in [4.78, 5) is 53.2. The Bertz CT molecular complexity index is 1580. The maximum atomic E-state index is 14.2. The van der Waals surface area contributed by atoms with Gasteiger partial charge in [0.2, 0.25) is 23.6 Å². The van der Waals surface area contributed by atoms with Crippen LogP contribution in [0.1, 0.15) is 64.3 Å². The molecule has 0 spiro atoms. The van der Waals surface area contributed by atoms with Gasteiger partial charge < -0.3 is 26.4 Å². The molecule has 4 amide bonds. The molecular weight excluding hydrogens is 586 g/mol. The van der Waals surface area contributed by atoms with Crippen molar-refractivity contribution in [3.05, 3.63) is 72.1 Å². The Labute approximate surface area is 268 Å². The first-order valence-corrected chi connectivity index (χ1v) is 15.7. The van der Waals surface area contributed by atoms with Gasteiger partial charge in [0.1, 0.15) is 18.1 Å². The smallest absolute Gasteiger partial charge is 0.248 e. The van der Waals surface area contributed by atoms with E-state index in [0.29, 0.717) is 12.2 Å². The molecular formula is C34H43N7O5. The van der Waals surface area contributed by atoms with Gasteiger partial charge in [-0.3, -0.25) is 19.2 Å². The maximum absolute atomic E-state index is 14.2. The van der Waals surface area contributed by atoms with Crippen molar-refractivity contribution >= 4 is 23.6 Å². The van der Waals surface area contributed by atoms with Gasteiger partial charge in [0.05, 0.1) is 18.0 Å². The van der Waals surface area contributed by atoms with E-state index < -0.39 is 41.5 Å². The number of carbonyl (C=O) groups excluding carboxylic acids is 4. The molecule has 4 unspecified atom stereocenters. The van der Waals surface area contributed by atoms with E-state index in [9.17, 15) is 24.3 Å². The summed E-state index contributed by atoms with van der Waals surface area (Å²) < 4.78 is 1.52. The number of nitrogens with two attached hydrogens (primary N) is 1. The lowest BCUT2D eigenvalue weighted by molar-refractivity contribution is -0.144. The zero-order chi connectivity index (χ0) is 33.2. The fraction of sp³-hybridized carbons (Fsp3) is 0.471. The van der Waals surface area contributed by atoms with Crippen LogP contribution in [0.5, 0.6) is 0 Å². The van der Waals surface area contributed by atoms with Crippen LogP contribution in [0.3, 0.4) is 0 Å². The molecule has 2 aliphatic rings. The van der Waals surface area contributed by atoms with Crippen LogP contribution in [0.2, 0.25) is 0 Å². The maximum Gasteiger partial charge on any atom is 0.248 e. The summed E-state index contributed by atoms with van der Waals surface area (Å²) in [5.74, 6) is -1.78. The lowest BCUT2D eigenvalue weighted by Crippen LogP contribution is -2.54. The summed E-state index contributed by atoms with van der Waals surface area (Å²) in [5.41, 5.74) is 8.35. The Morgan fingerprint density at radius 2 is 1.70 bits per heavy atom. The Kier molecular flexibility index (Phi) is 9.29. The standard InChI is InChI=1S/C34H43N7O5/c1-21(42)36-20-34(14-15-34)28-19-41(39-38-28)29(33(2,3)4)32(46)40-18-25(43)17-27(40)31(45)37-26(30(35)44)16-22-10-12-24(13-11-22)23-8-6-5-7-9-23/h5-13,19,25-27,29,43H,14-18,20H2,1-4H3,(H2,35,44)(H,36,42)(H,37,45). The van der Waals surface area contributed by atoms with Crippen LogP contribution in [-0.2, 0) is 31.0 Å². The highest BCUT2D eigenvalue weighted by Crippen LogP contribution is 2.47. The van der Waals surface area contributed by atoms with Crippen molar-refractivity contribution in [2.24, 2.45) is 11.1 Å². The summed E-state index contributed by atoms with van der Waals surface area (Å²) in [7, 11) is 0. The van der Waals surface area contributed by atoms with E-state index in [1.54, 1.807) is 6.20 Å². The van der Waals surface area contributed by atoms with Gasteiger partial charge in [0.15, 0.2) is 0 Å². The van der Waals surface area contributed by atoms with Gasteiger partial charge in [-0.2, -0.15) is 0 Å². The predicted octanol–water partition coefficient (Wildman–Crippen LogP) is 1.87. The molecule has 2 heterocycles. The second-order valence-corrected chi connectivity index (χ2v) is 13.7. The van der Waals surface area contributed by atoms with Crippen LogP contribution in [0.15, 0.2) is 60.8 Å². The largest absolute Gasteiger partial charge is 0.391 e. The Hall–Kier alpha value is -4.58. The number of nitrogens with zero attached hydrogens (tertiary/aromatic N) is 4. The van der Waals surface area contributed by atoms with Gasteiger partial charge in [-0.1, -0.05) is 80.6 Å². The van der Waals surface area contributed by atoms with E-state index in [1.807, 2.05) is 75.4 Å². The number of aliphatic hydroxyl groups excluding tert-OH is 1. The highest BCUT2D eigenvalue weighted by Gasteiger charge is 2.49. The lowest BCUT2D eigenvalue weighted by Gasteiger charge is -2.35. The lowest BCUT2D eigenvalue weighted by atomic mass is 9.85. The molecule has 2 aromatic carbocycles. The van der Waals surface area contributed by atoms with Crippen molar-refractivity contribution in [3.8, 4) is 11.1 Å². The second-order valence-electron chi connectivity index (χ2n) is 13.7. The zero-order valence-electron chi connectivity index (χ0n) is 26.8. The molecule has 1 aromatic heterocycles. The molecule has 1 saturated heterocycles. The molecule has 5 rings (SSSR count). The first-order chi connectivity index (χ1) is 21.8. The number of hydrogen-bond donors (Lipinski definition) is 4. The van der Waals surface area contributed by atoms with Gasteiger partial charge in [0.25, 0.3) is 0 Å².